The average Bonchev–Trinajstić information content (AvgIpc) is 3.64. The number of furan rings is 1. The molecule has 10 rings (SSSR count). The third kappa shape index (κ3) is 5.44. The highest BCUT2D eigenvalue weighted by Gasteiger charge is 2.23. The average molecular weight is 690 g/mol. The van der Waals surface area contributed by atoms with Gasteiger partial charge >= 0.3 is 0 Å². The number of nitrogens with zero attached hydrogens (tertiary/aromatic N) is 1. The van der Waals surface area contributed by atoms with Crippen LogP contribution in [0.25, 0.3) is 77.2 Å². The van der Waals surface area contributed by atoms with Crippen molar-refractivity contribution in [2.75, 3.05) is 4.90 Å². The standard InChI is InChI=1S/C52H35NO/c1-3-17-36(18-4-1)41-25-9-10-28-46(41)51-43(38-19-5-2-6-20-38)29-15-30-44(51)39-23-13-24-40(35-39)53(48-32-14-22-37-21-7-8-26-42(37)48)49-33-16-31-47-45-27-11-12-34-50(45)54-52(47)49/h1-35H. The minimum Gasteiger partial charge on any atom is -0.454 e. The van der Waals surface area contributed by atoms with Gasteiger partial charge in [0.2, 0.25) is 0 Å². The fourth-order valence-corrected chi connectivity index (χ4v) is 8.04. The van der Waals surface area contributed by atoms with Gasteiger partial charge in [-0.3, -0.25) is 0 Å². The molecule has 1 heterocycles. The van der Waals surface area contributed by atoms with Crippen LogP contribution in [0.15, 0.2) is 217 Å². The number of hydrogen-bond donors (Lipinski definition) is 0. The first-order valence-electron chi connectivity index (χ1n) is 18.4. The Morgan fingerprint density at radius 3 is 1.67 bits per heavy atom. The molecule has 54 heavy (non-hydrogen) atoms. The van der Waals surface area contributed by atoms with Gasteiger partial charge in [-0.1, -0.05) is 182 Å². The Labute approximate surface area is 314 Å². The number of para-hydroxylation sites is 2. The van der Waals surface area contributed by atoms with Crippen LogP contribution in [0.1, 0.15) is 0 Å². The molecule has 1 aromatic heterocycles. The second-order valence-electron chi connectivity index (χ2n) is 13.6. The quantitative estimate of drug-likeness (QED) is 0.166. The van der Waals surface area contributed by atoms with Gasteiger partial charge in [-0.05, 0) is 80.2 Å². The van der Waals surface area contributed by atoms with Crippen molar-refractivity contribution < 1.29 is 4.42 Å². The molecule has 0 fully saturated rings. The van der Waals surface area contributed by atoms with Gasteiger partial charge in [-0.25, -0.2) is 0 Å². The van der Waals surface area contributed by atoms with E-state index in [0.29, 0.717) is 0 Å². The molecule has 0 aliphatic heterocycles. The van der Waals surface area contributed by atoms with Crippen LogP contribution in [0.2, 0.25) is 0 Å². The normalized spacial score (nSPS) is 11.3. The van der Waals surface area contributed by atoms with Crippen molar-refractivity contribution in [1.29, 1.82) is 0 Å². The predicted molar refractivity (Wildman–Crippen MR) is 228 cm³/mol. The summed E-state index contributed by atoms with van der Waals surface area (Å²) >= 11 is 0. The van der Waals surface area contributed by atoms with E-state index in [-0.39, 0.29) is 0 Å². The van der Waals surface area contributed by atoms with Crippen LogP contribution in [0.4, 0.5) is 17.1 Å². The molecule has 0 aliphatic rings. The largest absolute Gasteiger partial charge is 0.454 e. The summed E-state index contributed by atoms with van der Waals surface area (Å²) in [5.41, 5.74) is 14.3. The lowest BCUT2D eigenvalue weighted by atomic mass is 9.84. The molecule has 10 aromatic rings. The van der Waals surface area contributed by atoms with Crippen LogP contribution < -0.4 is 4.90 Å². The lowest BCUT2D eigenvalue weighted by Crippen LogP contribution is -2.11. The molecule has 0 atom stereocenters. The first kappa shape index (κ1) is 31.6. The van der Waals surface area contributed by atoms with E-state index < -0.39 is 0 Å². The predicted octanol–water partition coefficient (Wildman–Crippen LogP) is 14.9. The molecule has 2 heteroatoms. The Bertz CT molecular complexity index is 2940. The smallest absolute Gasteiger partial charge is 0.159 e. The maximum atomic E-state index is 6.69. The third-order valence-corrected chi connectivity index (χ3v) is 10.5. The van der Waals surface area contributed by atoms with Crippen molar-refractivity contribution in [2.24, 2.45) is 0 Å². The minimum absolute atomic E-state index is 0.862. The summed E-state index contributed by atoms with van der Waals surface area (Å²) < 4.78 is 6.69. The SMILES string of the molecule is c1ccc(-c2ccccc2-c2c(-c3ccccc3)cccc2-c2cccc(N(c3cccc4ccccc34)c3cccc4c3oc3ccccc34)c2)cc1. The number of benzene rings is 9. The van der Waals surface area contributed by atoms with Gasteiger partial charge in [-0.2, -0.15) is 0 Å². The summed E-state index contributed by atoms with van der Waals surface area (Å²) in [6, 6.07) is 75.9. The van der Waals surface area contributed by atoms with Gasteiger partial charge in [0, 0.05) is 21.8 Å². The van der Waals surface area contributed by atoms with Crippen molar-refractivity contribution in [3.63, 3.8) is 0 Å². The van der Waals surface area contributed by atoms with Crippen molar-refractivity contribution >= 4 is 49.8 Å². The Hall–Kier alpha value is -7.16. The maximum Gasteiger partial charge on any atom is 0.159 e. The Balaban J connectivity index is 1.24. The number of fused-ring (bicyclic) bond motifs is 4. The lowest BCUT2D eigenvalue weighted by molar-refractivity contribution is 0.669. The summed E-state index contributed by atoms with van der Waals surface area (Å²) in [6.07, 6.45) is 0. The van der Waals surface area contributed by atoms with Gasteiger partial charge in [-0.15, -0.1) is 0 Å². The summed E-state index contributed by atoms with van der Waals surface area (Å²) in [7, 11) is 0. The lowest BCUT2D eigenvalue weighted by Gasteiger charge is -2.27. The van der Waals surface area contributed by atoms with E-state index in [9.17, 15) is 0 Å². The monoisotopic (exact) mass is 689 g/mol. The van der Waals surface area contributed by atoms with Crippen molar-refractivity contribution in [1.82, 2.24) is 0 Å². The summed E-state index contributed by atoms with van der Waals surface area (Å²) in [6.45, 7) is 0. The van der Waals surface area contributed by atoms with Crippen molar-refractivity contribution in [2.45, 2.75) is 0 Å². The number of anilines is 3. The molecule has 0 spiro atoms. The number of rotatable bonds is 7. The van der Waals surface area contributed by atoms with Crippen LogP contribution in [-0.2, 0) is 0 Å². The van der Waals surface area contributed by atoms with Gasteiger partial charge < -0.3 is 9.32 Å². The molecule has 0 aliphatic carbocycles. The first-order chi connectivity index (χ1) is 26.8. The fourth-order valence-electron chi connectivity index (χ4n) is 8.04. The van der Waals surface area contributed by atoms with E-state index in [1.807, 2.05) is 6.07 Å². The van der Waals surface area contributed by atoms with Crippen LogP contribution in [-0.4, -0.2) is 0 Å². The highest BCUT2D eigenvalue weighted by Crippen LogP contribution is 2.47. The van der Waals surface area contributed by atoms with Gasteiger partial charge in [0.1, 0.15) is 5.58 Å². The molecule has 0 unspecified atom stereocenters. The van der Waals surface area contributed by atoms with Gasteiger partial charge in [0.15, 0.2) is 5.58 Å². The zero-order valence-electron chi connectivity index (χ0n) is 29.6. The molecule has 0 radical (unpaired) electrons. The third-order valence-electron chi connectivity index (χ3n) is 10.5. The van der Waals surface area contributed by atoms with Crippen LogP contribution in [0.5, 0.6) is 0 Å². The molecule has 0 N–H and O–H groups in total. The molecule has 9 aromatic carbocycles. The fraction of sp³-hybridized carbons (Fsp3) is 0. The highest BCUT2D eigenvalue weighted by molar-refractivity contribution is 6.12. The van der Waals surface area contributed by atoms with E-state index in [0.717, 1.165) is 44.6 Å². The molecular weight excluding hydrogens is 655 g/mol. The van der Waals surface area contributed by atoms with Gasteiger partial charge in [0.25, 0.3) is 0 Å². The zero-order valence-corrected chi connectivity index (χ0v) is 29.6. The Morgan fingerprint density at radius 1 is 0.333 bits per heavy atom. The summed E-state index contributed by atoms with van der Waals surface area (Å²) in [5.74, 6) is 0. The molecule has 0 bridgehead atoms. The van der Waals surface area contributed by atoms with E-state index in [2.05, 4.69) is 211 Å². The van der Waals surface area contributed by atoms with E-state index in [1.54, 1.807) is 0 Å². The maximum absolute atomic E-state index is 6.69. The van der Waals surface area contributed by atoms with Crippen LogP contribution >= 0.6 is 0 Å². The minimum atomic E-state index is 0.862. The molecule has 0 saturated carbocycles. The topological polar surface area (TPSA) is 16.4 Å². The Morgan fingerprint density at radius 2 is 0.852 bits per heavy atom. The first-order valence-corrected chi connectivity index (χ1v) is 18.4. The second kappa shape index (κ2) is 13.4. The summed E-state index contributed by atoms with van der Waals surface area (Å²) in [5, 5.41) is 4.56. The van der Waals surface area contributed by atoms with Crippen molar-refractivity contribution in [3.05, 3.63) is 212 Å². The van der Waals surface area contributed by atoms with E-state index in [1.165, 1.54) is 49.7 Å². The van der Waals surface area contributed by atoms with E-state index in [4.69, 9.17) is 4.42 Å². The van der Waals surface area contributed by atoms with E-state index >= 15 is 0 Å². The molecule has 254 valence electrons. The highest BCUT2D eigenvalue weighted by atomic mass is 16.3. The van der Waals surface area contributed by atoms with Gasteiger partial charge in [0.05, 0.1) is 11.4 Å². The molecular formula is C52H35NO. The molecule has 0 saturated heterocycles. The second-order valence-corrected chi connectivity index (χ2v) is 13.6. The Kier molecular flexibility index (Phi) is 7.85. The molecule has 0 amide bonds. The summed E-state index contributed by atoms with van der Waals surface area (Å²) in [4.78, 5) is 2.37. The van der Waals surface area contributed by atoms with Crippen molar-refractivity contribution in [3.8, 4) is 44.5 Å². The number of hydrogen-bond acceptors (Lipinski definition) is 2. The molecule has 2 nitrogen and oxygen atoms in total. The van der Waals surface area contributed by atoms with Crippen LogP contribution in [0.3, 0.4) is 0 Å². The zero-order chi connectivity index (χ0) is 35.8. The van der Waals surface area contributed by atoms with Crippen LogP contribution in [0, 0.1) is 0 Å².